The summed E-state index contributed by atoms with van der Waals surface area (Å²) in [5, 5.41) is 0.913. The summed E-state index contributed by atoms with van der Waals surface area (Å²) in [5.74, 6) is -0.565. The van der Waals surface area contributed by atoms with Gasteiger partial charge in [0.25, 0.3) is 11.8 Å². The molecule has 1 aliphatic heterocycles. The van der Waals surface area contributed by atoms with Gasteiger partial charge in [0.05, 0.1) is 22.7 Å². The number of nitrogens with zero attached hydrogens (tertiary/aromatic N) is 2. The quantitative estimate of drug-likeness (QED) is 0.669. The van der Waals surface area contributed by atoms with Crippen LogP contribution < -0.4 is 5.73 Å². The second-order valence-corrected chi connectivity index (χ2v) is 5.67. The Kier molecular flexibility index (Phi) is 2.60. The minimum Gasteiger partial charge on any atom is -0.399 e. The van der Waals surface area contributed by atoms with E-state index in [2.05, 4.69) is 4.98 Å². The zero-order valence-electron chi connectivity index (χ0n) is 10.2. The topological polar surface area (TPSA) is 76.3 Å². The first-order valence-corrected chi connectivity index (χ1v) is 6.55. The van der Waals surface area contributed by atoms with Crippen molar-refractivity contribution in [2.45, 2.75) is 13.5 Å². The van der Waals surface area contributed by atoms with E-state index in [1.54, 1.807) is 24.4 Å². The molecule has 2 aromatic rings. The van der Waals surface area contributed by atoms with E-state index in [-0.39, 0.29) is 18.4 Å². The molecule has 0 saturated heterocycles. The molecule has 0 aliphatic carbocycles. The number of amides is 2. The fraction of sp³-hybridized carbons (Fsp3) is 0.154. The Morgan fingerprint density at radius 2 is 2.00 bits per heavy atom. The molecule has 0 radical (unpaired) electrons. The number of aryl methyl sites for hydroxylation is 1. The number of aromatic nitrogens is 1. The summed E-state index contributed by atoms with van der Waals surface area (Å²) < 4.78 is 0. The molecule has 1 aliphatic rings. The number of anilines is 1. The number of carbonyl (C=O) groups excluding carboxylic acids is 2. The van der Waals surface area contributed by atoms with Gasteiger partial charge in [0, 0.05) is 16.8 Å². The van der Waals surface area contributed by atoms with Gasteiger partial charge >= 0.3 is 0 Å². The molecule has 2 N–H and O–H groups in total. The summed E-state index contributed by atoms with van der Waals surface area (Å²) in [5.41, 5.74) is 6.93. The van der Waals surface area contributed by atoms with Gasteiger partial charge in [-0.3, -0.25) is 14.5 Å². The second kappa shape index (κ2) is 4.17. The third kappa shape index (κ3) is 1.90. The first-order chi connectivity index (χ1) is 9.06. The maximum atomic E-state index is 12.2. The first-order valence-electron chi connectivity index (χ1n) is 5.73. The summed E-state index contributed by atoms with van der Waals surface area (Å²) >= 11 is 1.48. The Hall–Kier alpha value is -2.21. The molecule has 0 spiro atoms. The van der Waals surface area contributed by atoms with Crippen LogP contribution in [0.15, 0.2) is 24.4 Å². The summed E-state index contributed by atoms with van der Waals surface area (Å²) in [6.07, 6.45) is 1.69. The van der Waals surface area contributed by atoms with Crippen molar-refractivity contribution in [3.8, 4) is 0 Å². The van der Waals surface area contributed by atoms with Crippen LogP contribution in [0.25, 0.3) is 0 Å². The van der Waals surface area contributed by atoms with Crippen molar-refractivity contribution in [2.24, 2.45) is 0 Å². The molecule has 96 valence electrons. The van der Waals surface area contributed by atoms with Gasteiger partial charge in [-0.25, -0.2) is 4.98 Å². The van der Waals surface area contributed by atoms with Crippen molar-refractivity contribution >= 4 is 28.8 Å². The van der Waals surface area contributed by atoms with E-state index >= 15 is 0 Å². The summed E-state index contributed by atoms with van der Waals surface area (Å²) in [4.78, 5) is 30.6. The van der Waals surface area contributed by atoms with Crippen molar-refractivity contribution in [1.82, 2.24) is 9.88 Å². The molecule has 5 nitrogen and oxygen atoms in total. The number of imide groups is 1. The standard InChI is InChI=1S/C13H11N3O2S/c1-7-15-5-9(19-7)6-16-12(17)10-3-2-8(14)4-11(10)13(16)18/h2-5H,6,14H2,1H3. The molecular weight excluding hydrogens is 262 g/mol. The van der Waals surface area contributed by atoms with E-state index in [0.29, 0.717) is 16.8 Å². The molecular formula is C13H11N3O2S. The largest absolute Gasteiger partial charge is 0.399 e. The lowest BCUT2D eigenvalue weighted by Crippen LogP contribution is -2.28. The first kappa shape index (κ1) is 11.9. The number of hydrogen-bond acceptors (Lipinski definition) is 5. The number of carbonyl (C=O) groups is 2. The van der Waals surface area contributed by atoms with Crippen LogP contribution in [0, 0.1) is 6.92 Å². The van der Waals surface area contributed by atoms with Gasteiger partial charge < -0.3 is 5.73 Å². The Balaban J connectivity index is 1.94. The number of rotatable bonds is 2. The molecule has 0 bridgehead atoms. The minimum absolute atomic E-state index is 0.262. The highest BCUT2D eigenvalue weighted by Crippen LogP contribution is 2.27. The normalized spacial score (nSPS) is 14.1. The van der Waals surface area contributed by atoms with E-state index in [4.69, 9.17) is 5.73 Å². The van der Waals surface area contributed by atoms with E-state index in [0.717, 1.165) is 9.88 Å². The SMILES string of the molecule is Cc1ncc(CN2C(=O)c3ccc(N)cc3C2=O)s1. The number of nitrogens with two attached hydrogens (primary N) is 1. The van der Waals surface area contributed by atoms with Crippen molar-refractivity contribution in [2.75, 3.05) is 5.73 Å². The monoisotopic (exact) mass is 273 g/mol. The molecule has 6 heteroatoms. The minimum atomic E-state index is -0.293. The average molecular weight is 273 g/mol. The van der Waals surface area contributed by atoms with E-state index in [9.17, 15) is 9.59 Å². The Morgan fingerprint density at radius 3 is 2.68 bits per heavy atom. The van der Waals surface area contributed by atoms with Gasteiger partial charge in [-0.2, -0.15) is 0 Å². The van der Waals surface area contributed by atoms with Gasteiger partial charge in [0.1, 0.15) is 0 Å². The molecule has 19 heavy (non-hydrogen) atoms. The molecule has 0 saturated carbocycles. The Labute approximate surface area is 113 Å². The lowest BCUT2D eigenvalue weighted by molar-refractivity contribution is 0.0644. The summed E-state index contributed by atoms with van der Waals surface area (Å²) in [6.45, 7) is 2.15. The number of nitrogen functional groups attached to an aromatic ring is 1. The van der Waals surface area contributed by atoms with Crippen LogP contribution in [0.2, 0.25) is 0 Å². The van der Waals surface area contributed by atoms with E-state index < -0.39 is 0 Å². The van der Waals surface area contributed by atoms with Crippen LogP contribution in [0.5, 0.6) is 0 Å². The van der Waals surface area contributed by atoms with Gasteiger partial charge in [-0.05, 0) is 25.1 Å². The Morgan fingerprint density at radius 1 is 1.26 bits per heavy atom. The zero-order valence-corrected chi connectivity index (χ0v) is 11.0. The van der Waals surface area contributed by atoms with Crippen LogP contribution in [-0.2, 0) is 6.54 Å². The van der Waals surface area contributed by atoms with Gasteiger partial charge in [-0.15, -0.1) is 11.3 Å². The third-order valence-corrected chi connectivity index (χ3v) is 3.88. The number of thiazole rings is 1. The molecule has 2 heterocycles. The summed E-state index contributed by atoms with van der Waals surface area (Å²) in [7, 11) is 0. The van der Waals surface area contributed by atoms with Crippen LogP contribution in [-0.4, -0.2) is 21.7 Å². The van der Waals surface area contributed by atoms with Gasteiger partial charge in [0.15, 0.2) is 0 Å². The molecule has 2 amide bonds. The highest BCUT2D eigenvalue weighted by atomic mass is 32.1. The maximum absolute atomic E-state index is 12.2. The van der Waals surface area contributed by atoms with Gasteiger partial charge in [0.2, 0.25) is 0 Å². The van der Waals surface area contributed by atoms with Crippen molar-refractivity contribution in [1.29, 1.82) is 0 Å². The molecule has 1 aromatic heterocycles. The van der Waals surface area contributed by atoms with Crippen molar-refractivity contribution in [3.05, 3.63) is 45.4 Å². The highest BCUT2D eigenvalue weighted by molar-refractivity contribution is 7.11. The lowest BCUT2D eigenvalue weighted by Gasteiger charge is -2.11. The second-order valence-electron chi connectivity index (χ2n) is 4.35. The molecule has 0 atom stereocenters. The number of hydrogen-bond donors (Lipinski definition) is 1. The van der Waals surface area contributed by atoms with Crippen LogP contribution >= 0.6 is 11.3 Å². The van der Waals surface area contributed by atoms with Crippen molar-refractivity contribution < 1.29 is 9.59 Å². The Bertz CT molecular complexity index is 693. The van der Waals surface area contributed by atoms with E-state index in [1.807, 2.05) is 6.92 Å². The third-order valence-electron chi connectivity index (χ3n) is 2.98. The maximum Gasteiger partial charge on any atom is 0.261 e. The number of benzene rings is 1. The molecule has 0 unspecified atom stereocenters. The predicted octanol–water partition coefficient (Wildman–Crippen LogP) is 1.83. The number of fused-ring (bicyclic) bond motifs is 1. The van der Waals surface area contributed by atoms with Crippen molar-refractivity contribution in [3.63, 3.8) is 0 Å². The lowest BCUT2D eigenvalue weighted by atomic mass is 10.1. The van der Waals surface area contributed by atoms with Gasteiger partial charge in [-0.1, -0.05) is 0 Å². The zero-order chi connectivity index (χ0) is 13.6. The van der Waals surface area contributed by atoms with E-state index in [1.165, 1.54) is 16.2 Å². The highest BCUT2D eigenvalue weighted by Gasteiger charge is 2.35. The summed E-state index contributed by atoms with van der Waals surface area (Å²) in [6, 6.07) is 4.78. The average Bonchev–Trinajstić information content (AvgIpc) is 2.88. The fourth-order valence-corrected chi connectivity index (χ4v) is 2.87. The smallest absolute Gasteiger partial charge is 0.261 e. The van der Waals surface area contributed by atoms with Crippen LogP contribution in [0.1, 0.15) is 30.6 Å². The van der Waals surface area contributed by atoms with Crippen LogP contribution in [0.4, 0.5) is 5.69 Å². The molecule has 3 rings (SSSR count). The van der Waals surface area contributed by atoms with Crippen LogP contribution in [0.3, 0.4) is 0 Å². The predicted molar refractivity (Wildman–Crippen MR) is 71.9 cm³/mol. The fourth-order valence-electron chi connectivity index (χ4n) is 2.09. The molecule has 0 fully saturated rings. The molecule has 1 aromatic carbocycles.